The number of rotatable bonds is 5. The number of carbonyl (C=O) groups excluding carboxylic acids is 1. The van der Waals surface area contributed by atoms with Crippen molar-refractivity contribution in [1.82, 2.24) is 10.3 Å². The van der Waals surface area contributed by atoms with E-state index in [1.165, 1.54) is 0 Å². The summed E-state index contributed by atoms with van der Waals surface area (Å²) in [5.41, 5.74) is 1.89. The largest absolute Gasteiger partial charge is 0.440 e. The van der Waals surface area contributed by atoms with Crippen molar-refractivity contribution >= 4 is 35.1 Å². The lowest BCUT2D eigenvalue weighted by molar-refractivity contribution is -0.130. The molecule has 2 N–H and O–H groups in total. The van der Waals surface area contributed by atoms with Gasteiger partial charge in [0.2, 0.25) is 5.91 Å². The van der Waals surface area contributed by atoms with Crippen LogP contribution < -0.4 is 10.6 Å². The number of amides is 1. The number of anilines is 1. The quantitative estimate of drug-likeness (QED) is 0.851. The van der Waals surface area contributed by atoms with Gasteiger partial charge in [0.25, 0.3) is 0 Å². The molecule has 2 fully saturated rings. The Hall–Kier alpha value is -1.63. The molecule has 4 rings (SSSR count). The van der Waals surface area contributed by atoms with Crippen molar-refractivity contribution in [1.29, 1.82) is 0 Å². The highest BCUT2D eigenvalue weighted by molar-refractivity contribution is 5.97. The van der Waals surface area contributed by atoms with E-state index in [1.54, 1.807) is 7.11 Å². The zero-order valence-electron chi connectivity index (χ0n) is 14.3. The maximum absolute atomic E-state index is 12.9. The number of benzene rings is 1. The molecule has 25 heavy (non-hydrogen) atoms. The average molecular weight is 366 g/mol. The minimum absolute atomic E-state index is 0. The number of aromatic nitrogens is 1. The average Bonchev–Trinajstić information content (AvgIpc) is 3.35. The van der Waals surface area contributed by atoms with E-state index in [-0.39, 0.29) is 18.3 Å². The standard InChI is InChI=1S/C18H23N3O3.ClH/c1-23-11-18(6-8-19-9-7-18)17(22)20-13-4-5-15-14(10-13)21-16(24-15)12-2-3-12;/h4-5,10,12,19H,2-3,6-9,11H2,1H3,(H,20,22);1H. The molecule has 1 saturated carbocycles. The lowest BCUT2D eigenvalue weighted by Crippen LogP contribution is -2.47. The molecule has 2 aromatic rings. The predicted octanol–water partition coefficient (Wildman–Crippen LogP) is 3.08. The summed E-state index contributed by atoms with van der Waals surface area (Å²) >= 11 is 0. The van der Waals surface area contributed by atoms with E-state index in [4.69, 9.17) is 9.15 Å². The van der Waals surface area contributed by atoms with Gasteiger partial charge in [-0.05, 0) is 57.0 Å². The number of fused-ring (bicyclic) bond motifs is 1. The minimum atomic E-state index is -0.460. The van der Waals surface area contributed by atoms with E-state index in [9.17, 15) is 4.79 Å². The molecule has 2 aliphatic rings. The maximum atomic E-state index is 12.9. The Morgan fingerprint density at radius 1 is 1.40 bits per heavy atom. The van der Waals surface area contributed by atoms with Crippen LogP contribution in [-0.2, 0) is 9.53 Å². The Bertz CT molecular complexity index is 746. The lowest BCUT2D eigenvalue weighted by Gasteiger charge is -2.35. The molecule has 1 aromatic heterocycles. The number of nitrogens with zero attached hydrogens (tertiary/aromatic N) is 1. The first-order valence-electron chi connectivity index (χ1n) is 8.62. The molecule has 1 saturated heterocycles. The van der Waals surface area contributed by atoms with Gasteiger partial charge in [0.15, 0.2) is 11.5 Å². The van der Waals surface area contributed by atoms with Gasteiger partial charge in [-0.15, -0.1) is 12.4 Å². The lowest BCUT2D eigenvalue weighted by atomic mass is 9.78. The SMILES string of the molecule is COCC1(C(=O)Nc2ccc3oc(C4CC4)nc3c2)CCNCC1.Cl. The van der Waals surface area contributed by atoms with Gasteiger partial charge in [-0.2, -0.15) is 0 Å². The first-order chi connectivity index (χ1) is 11.7. The summed E-state index contributed by atoms with van der Waals surface area (Å²) in [5, 5.41) is 6.36. The molecule has 1 amide bonds. The molecule has 0 radical (unpaired) electrons. The maximum Gasteiger partial charge on any atom is 0.233 e. The predicted molar refractivity (Wildman–Crippen MR) is 98.3 cm³/mol. The number of nitrogens with one attached hydrogen (secondary N) is 2. The molecule has 1 aliphatic carbocycles. The normalized spacial score (nSPS) is 19.4. The van der Waals surface area contributed by atoms with Crippen molar-refractivity contribution in [3.8, 4) is 0 Å². The van der Waals surface area contributed by atoms with Crippen molar-refractivity contribution in [2.24, 2.45) is 5.41 Å². The smallest absolute Gasteiger partial charge is 0.233 e. The molecule has 1 aliphatic heterocycles. The van der Waals surface area contributed by atoms with Crippen LogP contribution in [0.3, 0.4) is 0 Å². The Morgan fingerprint density at radius 3 is 2.84 bits per heavy atom. The molecule has 0 bridgehead atoms. The van der Waals surface area contributed by atoms with E-state index in [0.29, 0.717) is 12.5 Å². The van der Waals surface area contributed by atoms with Crippen LogP contribution in [-0.4, -0.2) is 37.7 Å². The zero-order chi connectivity index (χ0) is 16.6. The number of halogens is 1. The number of oxazole rings is 1. The van der Waals surface area contributed by atoms with Crippen LogP contribution in [0.1, 0.15) is 37.5 Å². The third kappa shape index (κ3) is 3.66. The van der Waals surface area contributed by atoms with Crippen LogP contribution in [0.25, 0.3) is 11.1 Å². The molecule has 0 spiro atoms. The first kappa shape index (κ1) is 18.2. The van der Waals surface area contributed by atoms with E-state index in [1.807, 2.05) is 18.2 Å². The van der Waals surface area contributed by atoms with Crippen molar-refractivity contribution in [3.05, 3.63) is 24.1 Å². The van der Waals surface area contributed by atoms with Crippen molar-refractivity contribution in [2.45, 2.75) is 31.6 Å². The highest BCUT2D eigenvalue weighted by atomic mass is 35.5. The number of methoxy groups -OCH3 is 1. The highest BCUT2D eigenvalue weighted by Gasteiger charge is 2.39. The Balaban J connectivity index is 0.00000182. The molecule has 0 atom stereocenters. The van der Waals surface area contributed by atoms with Crippen LogP contribution in [0.4, 0.5) is 5.69 Å². The Kier molecular flexibility index (Phi) is 5.32. The second kappa shape index (κ2) is 7.32. The van der Waals surface area contributed by atoms with Crippen LogP contribution in [0.5, 0.6) is 0 Å². The monoisotopic (exact) mass is 365 g/mol. The molecule has 7 heteroatoms. The summed E-state index contributed by atoms with van der Waals surface area (Å²) in [6.07, 6.45) is 3.88. The molecule has 0 unspecified atom stereocenters. The fourth-order valence-corrected chi connectivity index (χ4v) is 3.41. The third-order valence-corrected chi connectivity index (χ3v) is 5.05. The molecule has 6 nitrogen and oxygen atoms in total. The summed E-state index contributed by atoms with van der Waals surface area (Å²) in [4.78, 5) is 17.4. The van der Waals surface area contributed by atoms with Gasteiger partial charge in [0.05, 0.1) is 12.0 Å². The third-order valence-electron chi connectivity index (χ3n) is 5.05. The van der Waals surface area contributed by atoms with E-state index in [2.05, 4.69) is 15.6 Å². The van der Waals surface area contributed by atoms with Crippen LogP contribution in [0.2, 0.25) is 0 Å². The zero-order valence-corrected chi connectivity index (χ0v) is 15.2. The number of carbonyl (C=O) groups is 1. The Morgan fingerprint density at radius 2 is 2.16 bits per heavy atom. The number of ether oxygens (including phenoxy) is 1. The van der Waals surface area contributed by atoms with Crippen molar-refractivity contribution < 1.29 is 13.9 Å². The van der Waals surface area contributed by atoms with Crippen molar-refractivity contribution in [2.75, 3.05) is 32.1 Å². The van der Waals surface area contributed by atoms with Gasteiger partial charge in [-0.1, -0.05) is 0 Å². The molecular weight excluding hydrogens is 342 g/mol. The summed E-state index contributed by atoms with van der Waals surface area (Å²) in [6.45, 7) is 2.12. The molecule has 2 heterocycles. The second-order valence-corrected chi connectivity index (χ2v) is 6.93. The van der Waals surface area contributed by atoms with Gasteiger partial charge < -0.3 is 19.8 Å². The topological polar surface area (TPSA) is 76.4 Å². The van der Waals surface area contributed by atoms with E-state index < -0.39 is 5.41 Å². The second-order valence-electron chi connectivity index (χ2n) is 6.93. The van der Waals surface area contributed by atoms with E-state index in [0.717, 1.165) is 61.5 Å². The van der Waals surface area contributed by atoms with Gasteiger partial charge in [-0.3, -0.25) is 4.79 Å². The fraction of sp³-hybridized carbons (Fsp3) is 0.556. The van der Waals surface area contributed by atoms with Gasteiger partial charge in [0.1, 0.15) is 5.52 Å². The Labute approximate surface area is 153 Å². The summed E-state index contributed by atoms with van der Waals surface area (Å²) in [7, 11) is 1.65. The van der Waals surface area contributed by atoms with Gasteiger partial charge in [0, 0.05) is 18.7 Å². The highest BCUT2D eigenvalue weighted by Crippen LogP contribution is 2.40. The van der Waals surface area contributed by atoms with Crippen LogP contribution >= 0.6 is 12.4 Å². The summed E-state index contributed by atoms with van der Waals surface area (Å²) in [5.74, 6) is 1.33. The number of piperidine rings is 1. The van der Waals surface area contributed by atoms with Gasteiger partial charge in [-0.25, -0.2) is 4.98 Å². The first-order valence-corrected chi connectivity index (χ1v) is 8.62. The number of hydrogen-bond donors (Lipinski definition) is 2. The fourth-order valence-electron chi connectivity index (χ4n) is 3.41. The van der Waals surface area contributed by atoms with E-state index >= 15 is 0 Å². The molecule has 1 aromatic carbocycles. The number of hydrogen-bond acceptors (Lipinski definition) is 5. The minimum Gasteiger partial charge on any atom is -0.440 e. The summed E-state index contributed by atoms with van der Waals surface area (Å²) < 4.78 is 11.1. The summed E-state index contributed by atoms with van der Waals surface area (Å²) in [6, 6.07) is 5.66. The van der Waals surface area contributed by atoms with Gasteiger partial charge >= 0.3 is 0 Å². The van der Waals surface area contributed by atoms with Crippen LogP contribution in [0.15, 0.2) is 22.6 Å². The molecular formula is C18H24ClN3O3. The van der Waals surface area contributed by atoms with Crippen LogP contribution in [0, 0.1) is 5.41 Å². The molecule has 136 valence electrons. The van der Waals surface area contributed by atoms with Crippen molar-refractivity contribution in [3.63, 3.8) is 0 Å².